The maximum atomic E-state index is 5.90. The second-order valence-corrected chi connectivity index (χ2v) is 6.56. The molecule has 0 unspecified atom stereocenters. The van der Waals surface area contributed by atoms with Gasteiger partial charge >= 0.3 is 0 Å². The third-order valence-corrected chi connectivity index (χ3v) is 4.91. The fourth-order valence-electron chi connectivity index (χ4n) is 3.50. The molecule has 2 aliphatic heterocycles. The van der Waals surface area contributed by atoms with Crippen LogP contribution in [0, 0.1) is 11.8 Å². The minimum Gasteiger partial charge on any atom is -0.493 e. The highest BCUT2D eigenvalue weighted by Gasteiger charge is 2.22. The van der Waals surface area contributed by atoms with Gasteiger partial charge in [0.25, 0.3) is 0 Å². The maximum Gasteiger partial charge on any atom is 0.119 e. The summed E-state index contributed by atoms with van der Waals surface area (Å²) in [6.07, 6.45) is 5.30. The molecule has 2 saturated heterocycles. The average Bonchev–Trinajstić information content (AvgIpc) is 2.56. The third-order valence-electron chi connectivity index (χ3n) is 4.91. The fraction of sp³-hybridized carbons (Fsp3) is 0.667. The van der Waals surface area contributed by atoms with E-state index in [9.17, 15) is 0 Å². The first-order valence-corrected chi connectivity index (χ1v) is 8.51. The number of nitrogens with one attached hydrogen (secondary N) is 1. The first-order valence-electron chi connectivity index (χ1n) is 8.51. The van der Waals surface area contributed by atoms with Crippen LogP contribution in [-0.2, 0) is 0 Å². The molecule has 0 radical (unpaired) electrons. The fourth-order valence-corrected chi connectivity index (χ4v) is 3.50. The first kappa shape index (κ1) is 14.9. The van der Waals surface area contributed by atoms with Crippen molar-refractivity contribution in [2.75, 3.05) is 39.3 Å². The number of likely N-dealkylation sites (tertiary alicyclic amines) is 1. The summed E-state index contributed by atoms with van der Waals surface area (Å²) < 4.78 is 5.90. The van der Waals surface area contributed by atoms with Gasteiger partial charge in [-0.1, -0.05) is 18.2 Å². The van der Waals surface area contributed by atoms with E-state index < -0.39 is 0 Å². The van der Waals surface area contributed by atoms with Gasteiger partial charge in [-0.05, 0) is 75.8 Å². The molecule has 1 aromatic carbocycles. The highest BCUT2D eigenvalue weighted by atomic mass is 16.5. The molecule has 1 aromatic rings. The highest BCUT2D eigenvalue weighted by molar-refractivity contribution is 5.20. The normalized spacial score (nSPS) is 22.3. The molecule has 1 N–H and O–H groups in total. The third kappa shape index (κ3) is 4.72. The summed E-state index contributed by atoms with van der Waals surface area (Å²) in [5.41, 5.74) is 0. The van der Waals surface area contributed by atoms with E-state index in [1.165, 1.54) is 58.4 Å². The van der Waals surface area contributed by atoms with Crippen molar-refractivity contribution in [1.82, 2.24) is 10.2 Å². The minimum absolute atomic E-state index is 0.731. The monoisotopic (exact) mass is 288 g/mol. The average molecular weight is 288 g/mol. The molecule has 0 bridgehead atoms. The van der Waals surface area contributed by atoms with E-state index in [1.807, 2.05) is 30.3 Å². The van der Waals surface area contributed by atoms with Crippen LogP contribution in [0.25, 0.3) is 0 Å². The van der Waals surface area contributed by atoms with Crippen LogP contribution in [0.3, 0.4) is 0 Å². The lowest BCUT2D eigenvalue weighted by molar-refractivity contribution is 0.121. The van der Waals surface area contributed by atoms with Crippen molar-refractivity contribution < 1.29 is 4.74 Å². The summed E-state index contributed by atoms with van der Waals surface area (Å²) in [5.74, 6) is 2.66. The van der Waals surface area contributed by atoms with Crippen LogP contribution in [0.2, 0.25) is 0 Å². The molecular formula is C18H28N2O. The molecule has 0 spiro atoms. The van der Waals surface area contributed by atoms with Gasteiger partial charge in [0.2, 0.25) is 0 Å². The first-order chi connectivity index (χ1) is 10.4. The molecule has 3 heteroatoms. The van der Waals surface area contributed by atoms with Crippen LogP contribution in [0.15, 0.2) is 30.3 Å². The van der Waals surface area contributed by atoms with Gasteiger partial charge in [0.05, 0.1) is 6.61 Å². The largest absolute Gasteiger partial charge is 0.493 e. The van der Waals surface area contributed by atoms with E-state index in [0.717, 1.165) is 24.2 Å². The molecule has 116 valence electrons. The van der Waals surface area contributed by atoms with Crippen molar-refractivity contribution in [3.8, 4) is 5.75 Å². The van der Waals surface area contributed by atoms with Crippen molar-refractivity contribution >= 4 is 0 Å². The number of benzene rings is 1. The Morgan fingerprint density at radius 2 is 1.67 bits per heavy atom. The zero-order valence-electron chi connectivity index (χ0n) is 13.0. The summed E-state index contributed by atoms with van der Waals surface area (Å²) in [6.45, 7) is 7.14. The van der Waals surface area contributed by atoms with Gasteiger partial charge in [-0.15, -0.1) is 0 Å². The van der Waals surface area contributed by atoms with Crippen molar-refractivity contribution in [2.24, 2.45) is 11.8 Å². The predicted octanol–water partition coefficient (Wildman–Crippen LogP) is 2.78. The van der Waals surface area contributed by atoms with Crippen molar-refractivity contribution in [1.29, 1.82) is 0 Å². The Bertz CT molecular complexity index is 395. The minimum atomic E-state index is 0.731. The Labute approximate surface area is 128 Å². The molecule has 0 aromatic heterocycles. The van der Waals surface area contributed by atoms with E-state index in [-0.39, 0.29) is 0 Å². The second-order valence-electron chi connectivity index (χ2n) is 6.56. The number of rotatable bonds is 5. The number of hydrogen-bond acceptors (Lipinski definition) is 3. The summed E-state index contributed by atoms with van der Waals surface area (Å²) in [4.78, 5) is 2.68. The lowest BCUT2D eigenvalue weighted by Gasteiger charge is -2.35. The summed E-state index contributed by atoms with van der Waals surface area (Å²) >= 11 is 0. The quantitative estimate of drug-likeness (QED) is 0.901. The lowest BCUT2D eigenvalue weighted by Crippen LogP contribution is -2.41. The highest BCUT2D eigenvalue weighted by Crippen LogP contribution is 2.22. The molecule has 0 atom stereocenters. The molecule has 3 rings (SSSR count). The maximum absolute atomic E-state index is 5.90. The number of ether oxygens (including phenoxy) is 1. The Balaban J connectivity index is 1.35. The molecule has 21 heavy (non-hydrogen) atoms. The Morgan fingerprint density at radius 3 is 2.38 bits per heavy atom. The Morgan fingerprint density at radius 1 is 0.952 bits per heavy atom. The van der Waals surface area contributed by atoms with Crippen molar-refractivity contribution in [2.45, 2.75) is 25.7 Å². The smallest absolute Gasteiger partial charge is 0.119 e. The Hall–Kier alpha value is -1.06. The number of nitrogens with zero attached hydrogens (tertiary/aromatic N) is 1. The van der Waals surface area contributed by atoms with Gasteiger partial charge in [-0.3, -0.25) is 0 Å². The van der Waals surface area contributed by atoms with E-state index in [1.54, 1.807) is 0 Å². The van der Waals surface area contributed by atoms with Gasteiger partial charge in [0, 0.05) is 6.54 Å². The molecule has 2 aliphatic rings. The summed E-state index contributed by atoms with van der Waals surface area (Å²) in [6, 6.07) is 10.2. The zero-order chi connectivity index (χ0) is 14.3. The van der Waals surface area contributed by atoms with Gasteiger partial charge in [-0.2, -0.15) is 0 Å². The number of para-hydroxylation sites is 1. The SMILES string of the molecule is c1ccc(OCC2CCN(CC3CCNCC3)CC2)cc1. The second kappa shape index (κ2) is 7.81. The zero-order valence-corrected chi connectivity index (χ0v) is 13.0. The van der Waals surface area contributed by atoms with E-state index in [2.05, 4.69) is 10.2 Å². The van der Waals surface area contributed by atoms with Crippen LogP contribution >= 0.6 is 0 Å². The van der Waals surface area contributed by atoms with Gasteiger partial charge in [0.1, 0.15) is 5.75 Å². The van der Waals surface area contributed by atoms with Crippen LogP contribution in [-0.4, -0.2) is 44.2 Å². The van der Waals surface area contributed by atoms with Gasteiger partial charge in [-0.25, -0.2) is 0 Å². The standard InChI is InChI=1S/C18H28N2O/c1-2-4-18(5-3-1)21-15-17-8-12-20(13-9-17)14-16-6-10-19-11-7-16/h1-5,16-17,19H,6-15H2. The van der Waals surface area contributed by atoms with Crippen LogP contribution in [0.1, 0.15) is 25.7 Å². The van der Waals surface area contributed by atoms with E-state index in [4.69, 9.17) is 4.74 Å². The van der Waals surface area contributed by atoms with E-state index in [0.29, 0.717) is 0 Å². The Kier molecular flexibility index (Phi) is 5.53. The van der Waals surface area contributed by atoms with Crippen LogP contribution < -0.4 is 10.1 Å². The summed E-state index contributed by atoms with van der Waals surface area (Å²) in [5, 5.41) is 3.46. The number of piperidine rings is 2. The molecule has 2 fully saturated rings. The van der Waals surface area contributed by atoms with Crippen LogP contribution in [0.4, 0.5) is 0 Å². The molecule has 0 amide bonds. The lowest BCUT2D eigenvalue weighted by atomic mass is 9.94. The molecule has 3 nitrogen and oxygen atoms in total. The predicted molar refractivity (Wildman–Crippen MR) is 86.7 cm³/mol. The van der Waals surface area contributed by atoms with E-state index >= 15 is 0 Å². The van der Waals surface area contributed by atoms with Gasteiger partial charge < -0.3 is 15.0 Å². The van der Waals surface area contributed by atoms with Gasteiger partial charge in [0.15, 0.2) is 0 Å². The molecule has 0 saturated carbocycles. The summed E-state index contributed by atoms with van der Waals surface area (Å²) in [7, 11) is 0. The molecule has 0 aliphatic carbocycles. The topological polar surface area (TPSA) is 24.5 Å². The molecular weight excluding hydrogens is 260 g/mol. The number of hydrogen-bond donors (Lipinski definition) is 1. The van der Waals surface area contributed by atoms with Crippen LogP contribution in [0.5, 0.6) is 5.75 Å². The molecule has 2 heterocycles. The van der Waals surface area contributed by atoms with Crippen molar-refractivity contribution in [3.63, 3.8) is 0 Å². The van der Waals surface area contributed by atoms with Crippen molar-refractivity contribution in [3.05, 3.63) is 30.3 Å².